The Hall–Kier alpha value is -0.580. The average Bonchev–Trinajstić information content (AvgIpc) is 2.24. The minimum absolute atomic E-state index is 0.00557. The summed E-state index contributed by atoms with van der Waals surface area (Å²) in [6.07, 6.45) is 0.560. The normalized spacial score (nSPS) is 12.5. The Balaban J connectivity index is 2.41. The summed E-state index contributed by atoms with van der Waals surface area (Å²) in [7, 11) is 0. The van der Waals surface area contributed by atoms with Gasteiger partial charge in [-0.3, -0.25) is 0 Å². The summed E-state index contributed by atoms with van der Waals surface area (Å²) in [5.74, 6) is 0.759. The Bertz CT molecular complexity index is 291. The van der Waals surface area contributed by atoms with Crippen LogP contribution in [0.5, 0.6) is 5.75 Å². The molecule has 0 aliphatic carbocycles. The molecule has 2 N–H and O–H groups in total. The highest BCUT2D eigenvalue weighted by Gasteiger charge is 2.07. The van der Waals surface area contributed by atoms with Crippen LogP contribution in [0.4, 0.5) is 0 Å². The van der Waals surface area contributed by atoms with Crippen LogP contribution < -0.4 is 4.74 Å². The van der Waals surface area contributed by atoms with E-state index >= 15 is 0 Å². The van der Waals surface area contributed by atoms with E-state index in [1.54, 1.807) is 0 Å². The van der Waals surface area contributed by atoms with Crippen molar-refractivity contribution in [2.24, 2.45) is 5.92 Å². The van der Waals surface area contributed by atoms with E-state index in [1.165, 1.54) is 0 Å². The first-order valence-electron chi connectivity index (χ1n) is 4.86. The quantitative estimate of drug-likeness (QED) is 0.832. The third-order valence-electron chi connectivity index (χ3n) is 2.08. The van der Waals surface area contributed by atoms with Crippen LogP contribution >= 0.6 is 15.9 Å². The van der Waals surface area contributed by atoms with Crippen molar-refractivity contribution in [1.29, 1.82) is 0 Å². The molecule has 0 saturated heterocycles. The molecule has 15 heavy (non-hydrogen) atoms. The average molecular weight is 275 g/mol. The Morgan fingerprint density at radius 2 is 2.13 bits per heavy atom. The van der Waals surface area contributed by atoms with Gasteiger partial charge in [-0.1, -0.05) is 22.0 Å². The van der Waals surface area contributed by atoms with Crippen molar-refractivity contribution < 1.29 is 14.9 Å². The molecule has 0 heterocycles. The van der Waals surface area contributed by atoms with E-state index in [1.807, 2.05) is 24.3 Å². The van der Waals surface area contributed by atoms with Crippen LogP contribution in [0, 0.1) is 5.92 Å². The van der Waals surface area contributed by atoms with Gasteiger partial charge in [-0.2, -0.15) is 0 Å². The predicted octanol–water partition coefficient (Wildman–Crippen LogP) is 1.82. The number of aliphatic hydroxyl groups is 2. The highest BCUT2D eigenvalue weighted by molar-refractivity contribution is 9.10. The molecule has 3 nitrogen and oxygen atoms in total. The standard InChI is InChI=1S/C11H15BrO3/c12-10-2-1-3-11(6-10)15-8-9(7-14)4-5-13/h1-3,6,9,13-14H,4-5,7-8H2. The van der Waals surface area contributed by atoms with E-state index in [0.29, 0.717) is 13.0 Å². The van der Waals surface area contributed by atoms with E-state index in [4.69, 9.17) is 14.9 Å². The minimum atomic E-state index is -0.00557. The van der Waals surface area contributed by atoms with Gasteiger partial charge in [-0.05, 0) is 24.6 Å². The molecular weight excluding hydrogens is 260 g/mol. The first kappa shape index (κ1) is 12.5. The minimum Gasteiger partial charge on any atom is -0.493 e. The van der Waals surface area contributed by atoms with Gasteiger partial charge in [-0.15, -0.1) is 0 Å². The van der Waals surface area contributed by atoms with Crippen molar-refractivity contribution in [3.8, 4) is 5.75 Å². The summed E-state index contributed by atoms with van der Waals surface area (Å²) in [4.78, 5) is 0. The topological polar surface area (TPSA) is 49.7 Å². The molecular formula is C11H15BrO3. The molecule has 0 fully saturated rings. The Kier molecular flexibility index (Phi) is 5.68. The van der Waals surface area contributed by atoms with Crippen LogP contribution in [-0.4, -0.2) is 30.0 Å². The van der Waals surface area contributed by atoms with Crippen LogP contribution in [0.1, 0.15) is 6.42 Å². The monoisotopic (exact) mass is 274 g/mol. The fourth-order valence-electron chi connectivity index (χ4n) is 1.18. The summed E-state index contributed by atoms with van der Waals surface area (Å²) in [6, 6.07) is 7.54. The van der Waals surface area contributed by atoms with Crippen LogP contribution in [0.3, 0.4) is 0 Å². The molecule has 0 aliphatic rings. The first-order chi connectivity index (χ1) is 7.26. The third kappa shape index (κ3) is 4.64. The summed E-state index contributed by atoms with van der Waals surface area (Å²) in [6.45, 7) is 0.537. The van der Waals surface area contributed by atoms with Gasteiger partial charge >= 0.3 is 0 Å². The Labute approximate surface area is 97.8 Å². The third-order valence-corrected chi connectivity index (χ3v) is 2.57. The van der Waals surface area contributed by atoms with Crippen LogP contribution in [-0.2, 0) is 0 Å². The fourth-order valence-corrected chi connectivity index (χ4v) is 1.56. The maximum Gasteiger partial charge on any atom is 0.120 e. The van der Waals surface area contributed by atoms with Crippen molar-refractivity contribution in [3.63, 3.8) is 0 Å². The van der Waals surface area contributed by atoms with E-state index in [-0.39, 0.29) is 19.1 Å². The molecule has 1 unspecified atom stereocenters. The molecule has 0 aromatic heterocycles. The number of hydrogen-bond acceptors (Lipinski definition) is 3. The summed E-state index contributed by atoms with van der Waals surface area (Å²) < 4.78 is 6.45. The number of aliphatic hydroxyl groups excluding tert-OH is 2. The van der Waals surface area contributed by atoms with Gasteiger partial charge in [0.2, 0.25) is 0 Å². The van der Waals surface area contributed by atoms with Crippen molar-refractivity contribution in [2.45, 2.75) is 6.42 Å². The summed E-state index contributed by atoms with van der Waals surface area (Å²) in [5, 5.41) is 17.7. The molecule has 0 bridgehead atoms. The summed E-state index contributed by atoms with van der Waals surface area (Å²) >= 11 is 3.35. The van der Waals surface area contributed by atoms with E-state index < -0.39 is 0 Å². The van der Waals surface area contributed by atoms with Gasteiger partial charge in [0.1, 0.15) is 5.75 Å². The molecule has 1 aromatic rings. The van der Waals surface area contributed by atoms with Gasteiger partial charge in [-0.25, -0.2) is 0 Å². The highest BCUT2D eigenvalue weighted by atomic mass is 79.9. The van der Waals surface area contributed by atoms with Crippen LogP contribution in [0.15, 0.2) is 28.7 Å². The number of rotatable bonds is 6. The highest BCUT2D eigenvalue weighted by Crippen LogP contribution is 2.18. The van der Waals surface area contributed by atoms with Gasteiger partial charge in [0.25, 0.3) is 0 Å². The second-order valence-electron chi connectivity index (χ2n) is 3.33. The van der Waals surface area contributed by atoms with Crippen molar-refractivity contribution in [2.75, 3.05) is 19.8 Å². The van der Waals surface area contributed by atoms with Gasteiger partial charge in [0.05, 0.1) is 6.61 Å². The number of halogens is 1. The van der Waals surface area contributed by atoms with Crippen LogP contribution in [0.25, 0.3) is 0 Å². The molecule has 0 amide bonds. The molecule has 84 valence electrons. The molecule has 4 heteroatoms. The van der Waals surface area contributed by atoms with Crippen molar-refractivity contribution in [1.82, 2.24) is 0 Å². The molecule has 1 aromatic carbocycles. The van der Waals surface area contributed by atoms with Gasteiger partial charge in [0.15, 0.2) is 0 Å². The number of benzene rings is 1. The zero-order chi connectivity index (χ0) is 11.1. The second-order valence-corrected chi connectivity index (χ2v) is 4.24. The zero-order valence-corrected chi connectivity index (χ0v) is 9.98. The van der Waals surface area contributed by atoms with Gasteiger partial charge < -0.3 is 14.9 Å². The maximum absolute atomic E-state index is 8.99. The van der Waals surface area contributed by atoms with E-state index in [2.05, 4.69) is 15.9 Å². The molecule has 1 atom stereocenters. The fraction of sp³-hybridized carbons (Fsp3) is 0.455. The lowest BCUT2D eigenvalue weighted by molar-refractivity contribution is 0.134. The van der Waals surface area contributed by atoms with E-state index in [9.17, 15) is 0 Å². The Morgan fingerprint density at radius 1 is 1.33 bits per heavy atom. The zero-order valence-electron chi connectivity index (χ0n) is 8.40. The molecule has 0 saturated carbocycles. The molecule has 0 radical (unpaired) electrons. The van der Waals surface area contributed by atoms with Crippen LogP contribution in [0.2, 0.25) is 0 Å². The largest absolute Gasteiger partial charge is 0.493 e. The maximum atomic E-state index is 8.99. The molecule has 1 rings (SSSR count). The SMILES string of the molecule is OCCC(CO)COc1cccc(Br)c1. The van der Waals surface area contributed by atoms with Crippen molar-refractivity contribution >= 4 is 15.9 Å². The lowest BCUT2D eigenvalue weighted by Gasteiger charge is -2.14. The lowest BCUT2D eigenvalue weighted by atomic mass is 10.1. The number of hydrogen-bond donors (Lipinski definition) is 2. The second kappa shape index (κ2) is 6.82. The smallest absolute Gasteiger partial charge is 0.120 e. The Morgan fingerprint density at radius 3 is 2.73 bits per heavy atom. The van der Waals surface area contributed by atoms with Crippen molar-refractivity contribution in [3.05, 3.63) is 28.7 Å². The lowest BCUT2D eigenvalue weighted by Crippen LogP contribution is -2.17. The van der Waals surface area contributed by atoms with Gasteiger partial charge in [0, 0.05) is 23.6 Å². The first-order valence-corrected chi connectivity index (χ1v) is 5.65. The number of ether oxygens (including phenoxy) is 1. The molecule has 0 aliphatic heterocycles. The predicted molar refractivity (Wildman–Crippen MR) is 61.9 cm³/mol. The molecule has 0 spiro atoms. The summed E-state index contributed by atoms with van der Waals surface area (Å²) in [5.41, 5.74) is 0. The van der Waals surface area contributed by atoms with E-state index in [0.717, 1.165) is 10.2 Å².